The first-order chi connectivity index (χ1) is 12.3. The van der Waals surface area contributed by atoms with Crippen molar-refractivity contribution in [1.29, 1.82) is 0 Å². The molecule has 0 aliphatic rings. The molecule has 0 unspecified atom stereocenters. The van der Waals surface area contributed by atoms with E-state index < -0.39 is 0 Å². The molecule has 0 aliphatic heterocycles. The van der Waals surface area contributed by atoms with Crippen LogP contribution in [0, 0.1) is 0 Å². The quantitative estimate of drug-likeness (QED) is 0.665. The molecule has 3 rings (SSSR count). The van der Waals surface area contributed by atoms with Gasteiger partial charge in [0.25, 0.3) is 0 Å². The summed E-state index contributed by atoms with van der Waals surface area (Å²) in [7, 11) is 0. The van der Waals surface area contributed by atoms with Gasteiger partial charge in [0.2, 0.25) is 0 Å². The molecule has 0 spiro atoms. The van der Waals surface area contributed by atoms with E-state index in [1.807, 2.05) is 30.3 Å². The van der Waals surface area contributed by atoms with Crippen molar-refractivity contribution in [1.82, 2.24) is 4.90 Å². The second kappa shape index (κ2) is 9.16. The van der Waals surface area contributed by atoms with Gasteiger partial charge in [-0.2, -0.15) is 0 Å². The Morgan fingerprint density at radius 1 is 0.600 bits per heavy atom. The lowest BCUT2D eigenvalue weighted by Crippen LogP contribution is -2.33. The fourth-order valence-electron chi connectivity index (χ4n) is 3.12. The Balaban J connectivity index is 1.66. The van der Waals surface area contributed by atoms with Crippen molar-refractivity contribution in [2.45, 2.75) is 25.6 Å². The minimum atomic E-state index is -0.380. The minimum absolute atomic E-state index is 0.380. The topological polar surface area (TPSA) is 23.5 Å². The molecule has 0 aromatic heterocycles. The molecule has 1 N–H and O–H groups in total. The van der Waals surface area contributed by atoms with Gasteiger partial charge in [-0.3, -0.25) is 4.90 Å². The largest absolute Gasteiger partial charge is 0.391 e. The molecule has 1 atom stereocenters. The summed E-state index contributed by atoms with van der Waals surface area (Å²) in [6.45, 7) is 2.32. The molecule has 0 saturated heterocycles. The van der Waals surface area contributed by atoms with Crippen molar-refractivity contribution < 1.29 is 5.11 Å². The summed E-state index contributed by atoms with van der Waals surface area (Å²) in [6.07, 6.45) is 0.302. The number of benzene rings is 3. The van der Waals surface area contributed by atoms with Crippen LogP contribution in [0.25, 0.3) is 0 Å². The standard InChI is InChI=1S/C23H25NO/c25-23(16-20-10-4-1-5-11-20)19-24(17-21-12-6-2-7-13-21)18-22-14-8-3-9-15-22/h1-15,23,25H,16-19H2/t23-/m1/s1. The number of aliphatic hydroxyl groups is 1. The molecule has 0 bridgehead atoms. The molecule has 0 radical (unpaired) electrons. The van der Waals surface area contributed by atoms with Crippen LogP contribution in [-0.2, 0) is 19.5 Å². The predicted molar refractivity (Wildman–Crippen MR) is 103 cm³/mol. The zero-order valence-electron chi connectivity index (χ0n) is 14.5. The number of aliphatic hydroxyl groups excluding tert-OH is 1. The fourth-order valence-corrected chi connectivity index (χ4v) is 3.12. The van der Waals surface area contributed by atoms with Gasteiger partial charge in [-0.05, 0) is 23.1 Å². The van der Waals surface area contributed by atoms with E-state index in [1.54, 1.807) is 0 Å². The van der Waals surface area contributed by atoms with E-state index in [4.69, 9.17) is 0 Å². The van der Waals surface area contributed by atoms with Crippen LogP contribution in [0.5, 0.6) is 0 Å². The summed E-state index contributed by atoms with van der Waals surface area (Å²) >= 11 is 0. The highest BCUT2D eigenvalue weighted by Crippen LogP contribution is 2.12. The zero-order chi connectivity index (χ0) is 17.3. The normalized spacial score (nSPS) is 12.2. The van der Waals surface area contributed by atoms with E-state index >= 15 is 0 Å². The van der Waals surface area contributed by atoms with Crippen LogP contribution in [0.2, 0.25) is 0 Å². The van der Waals surface area contributed by atoms with Crippen molar-refractivity contribution in [2.24, 2.45) is 0 Å². The van der Waals surface area contributed by atoms with Crippen LogP contribution in [-0.4, -0.2) is 22.7 Å². The SMILES string of the molecule is O[C@H](Cc1ccccc1)CN(Cc1ccccc1)Cc1ccccc1. The van der Waals surface area contributed by atoms with Crippen molar-refractivity contribution in [3.8, 4) is 0 Å². The van der Waals surface area contributed by atoms with Gasteiger partial charge >= 0.3 is 0 Å². The Morgan fingerprint density at radius 2 is 1.00 bits per heavy atom. The molecule has 0 heterocycles. The summed E-state index contributed by atoms with van der Waals surface area (Å²) in [6, 6.07) is 31.1. The Bertz CT molecular complexity index is 686. The van der Waals surface area contributed by atoms with Gasteiger partial charge in [0.1, 0.15) is 0 Å². The third kappa shape index (κ3) is 5.86. The molecule has 2 nitrogen and oxygen atoms in total. The number of nitrogens with zero attached hydrogens (tertiary/aromatic N) is 1. The lowest BCUT2D eigenvalue weighted by molar-refractivity contribution is 0.104. The van der Waals surface area contributed by atoms with E-state index in [0.29, 0.717) is 13.0 Å². The molecule has 3 aromatic rings. The van der Waals surface area contributed by atoms with Crippen LogP contribution < -0.4 is 0 Å². The first-order valence-electron chi connectivity index (χ1n) is 8.82. The van der Waals surface area contributed by atoms with Gasteiger partial charge in [0.05, 0.1) is 6.10 Å². The minimum Gasteiger partial charge on any atom is -0.391 e. The summed E-state index contributed by atoms with van der Waals surface area (Å²) in [5, 5.41) is 10.6. The zero-order valence-corrected chi connectivity index (χ0v) is 14.5. The maximum atomic E-state index is 10.6. The molecule has 0 saturated carbocycles. The second-order valence-electron chi connectivity index (χ2n) is 6.48. The van der Waals surface area contributed by atoms with Crippen LogP contribution in [0.15, 0.2) is 91.0 Å². The van der Waals surface area contributed by atoms with Crippen molar-refractivity contribution >= 4 is 0 Å². The Hall–Kier alpha value is -2.42. The molecule has 0 fully saturated rings. The van der Waals surface area contributed by atoms with Crippen molar-refractivity contribution in [3.05, 3.63) is 108 Å². The molecule has 0 amide bonds. The number of hydrogen-bond donors (Lipinski definition) is 1. The van der Waals surface area contributed by atoms with Gasteiger partial charge in [-0.25, -0.2) is 0 Å². The molecule has 2 heteroatoms. The Kier molecular flexibility index (Phi) is 6.38. The van der Waals surface area contributed by atoms with Gasteiger partial charge in [0.15, 0.2) is 0 Å². The second-order valence-corrected chi connectivity index (χ2v) is 6.48. The van der Waals surface area contributed by atoms with E-state index in [-0.39, 0.29) is 6.10 Å². The van der Waals surface area contributed by atoms with Gasteiger partial charge in [-0.15, -0.1) is 0 Å². The lowest BCUT2D eigenvalue weighted by atomic mass is 10.1. The molecule has 25 heavy (non-hydrogen) atoms. The van der Waals surface area contributed by atoms with E-state index in [1.165, 1.54) is 16.7 Å². The van der Waals surface area contributed by atoms with E-state index in [2.05, 4.69) is 65.6 Å². The highest BCUT2D eigenvalue weighted by molar-refractivity contribution is 5.18. The number of rotatable bonds is 8. The summed E-state index contributed by atoms with van der Waals surface area (Å²) in [4.78, 5) is 2.32. The van der Waals surface area contributed by atoms with Crippen LogP contribution in [0.1, 0.15) is 16.7 Å². The smallest absolute Gasteiger partial charge is 0.0707 e. The Morgan fingerprint density at radius 3 is 1.44 bits per heavy atom. The number of hydrogen-bond acceptors (Lipinski definition) is 2. The van der Waals surface area contributed by atoms with Gasteiger partial charge in [0, 0.05) is 19.6 Å². The van der Waals surface area contributed by atoms with Crippen LogP contribution in [0.4, 0.5) is 0 Å². The van der Waals surface area contributed by atoms with E-state index in [0.717, 1.165) is 13.1 Å². The molecule has 128 valence electrons. The third-order valence-corrected chi connectivity index (χ3v) is 4.28. The summed E-state index contributed by atoms with van der Waals surface area (Å²) in [5.41, 5.74) is 3.71. The molecule has 0 aliphatic carbocycles. The average molecular weight is 331 g/mol. The van der Waals surface area contributed by atoms with Gasteiger partial charge in [-0.1, -0.05) is 91.0 Å². The van der Waals surface area contributed by atoms with E-state index in [9.17, 15) is 5.11 Å². The highest BCUT2D eigenvalue weighted by Gasteiger charge is 2.13. The lowest BCUT2D eigenvalue weighted by Gasteiger charge is -2.25. The first-order valence-corrected chi connectivity index (χ1v) is 8.82. The Labute approximate surface area is 150 Å². The maximum Gasteiger partial charge on any atom is 0.0707 e. The van der Waals surface area contributed by atoms with Crippen LogP contribution in [0.3, 0.4) is 0 Å². The predicted octanol–water partition coefficient (Wildman–Crippen LogP) is 4.29. The molecular formula is C23H25NO. The molecular weight excluding hydrogens is 306 g/mol. The van der Waals surface area contributed by atoms with Crippen LogP contribution >= 0.6 is 0 Å². The van der Waals surface area contributed by atoms with Crippen molar-refractivity contribution in [3.63, 3.8) is 0 Å². The summed E-state index contributed by atoms with van der Waals surface area (Å²) < 4.78 is 0. The average Bonchev–Trinajstić information content (AvgIpc) is 2.64. The van der Waals surface area contributed by atoms with Crippen molar-refractivity contribution in [2.75, 3.05) is 6.54 Å². The molecule has 3 aromatic carbocycles. The third-order valence-electron chi connectivity index (χ3n) is 4.28. The summed E-state index contributed by atoms with van der Waals surface area (Å²) in [5.74, 6) is 0. The first kappa shape index (κ1) is 17.4. The fraction of sp³-hybridized carbons (Fsp3) is 0.217. The van der Waals surface area contributed by atoms with Gasteiger partial charge < -0.3 is 5.11 Å². The monoisotopic (exact) mass is 331 g/mol. The highest BCUT2D eigenvalue weighted by atomic mass is 16.3. The maximum absolute atomic E-state index is 10.6.